The largest absolute Gasteiger partial charge is 0.507 e. The van der Waals surface area contributed by atoms with Crippen molar-refractivity contribution in [1.82, 2.24) is 24.3 Å². The van der Waals surface area contributed by atoms with Gasteiger partial charge in [-0.2, -0.15) is 0 Å². The van der Waals surface area contributed by atoms with E-state index >= 15 is 0 Å². The third-order valence-corrected chi connectivity index (χ3v) is 6.96. The van der Waals surface area contributed by atoms with Gasteiger partial charge in [0.15, 0.2) is 0 Å². The maximum Gasteiger partial charge on any atom is 0.250 e. The van der Waals surface area contributed by atoms with Gasteiger partial charge in [0, 0.05) is 54.3 Å². The van der Waals surface area contributed by atoms with Gasteiger partial charge in [-0.25, -0.2) is 9.97 Å². The monoisotopic (exact) mass is 471 g/mol. The zero-order valence-corrected chi connectivity index (χ0v) is 21.3. The number of nitrogens with zero attached hydrogens (tertiary/aromatic N) is 4. The molecule has 1 saturated heterocycles. The predicted octanol–water partition coefficient (Wildman–Crippen LogP) is 4.80. The molecule has 0 radical (unpaired) electrons. The number of hydrogen-bond donors (Lipinski definition) is 2. The molecule has 0 unspecified atom stereocenters. The Labute approximate surface area is 205 Å². The number of aryl methyl sites for hydroxylation is 2. The van der Waals surface area contributed by atoms with Crippen LogP contribution in [-0.2, 0) is 7.05 Å². The molecule has 182 valence electrons. The third kappa shape index (κ3) is 4.48. The Balaban J connectivity index is 1.50. The Hall–Kier alpha value is -3.45. The first-order valence-electron chi connectivity index (χ1n) is 12.1. The molecule has 1 aliphatic rings. The quantitative estimate of drug-likeness (QED) is 0.448. The van der Waals surface area contributed by atoms with Crippen molar-refractivity contribution in [3.8, 4) is 28.1 Å². The standard InChI is InChI=1S/C28H33N5O2/c1-17-15-33-16-22(21-8-7-18(11-23(21)34)19-9-10-32(6)24(35)12-19)29-26(33)30-25(17)20-13-27(2,3)31-28(4,5)14-20/h7-12,15-16,20,31,34H,13-14H2,1-6H3. The lowest BCUT2D eigenvalue weighted by Crippen LogP contribution is -2.57. The Morgan fingerprint density at radius 2 is 1.69 bits per heavy atom. The number of piperidine rings is 1. The SMILES string of the molecule is Cc1cn2cc(-c3ccc(-c4ccn(C)c(=O)c4)cc3O)nc2nc1C1CC(C)(C)NC(C)(C)C1. The van der Waals surface area contributed by atoms with Crippen molar-refractivity contribution in [2.45, 2.75) is 64.5 Å². The minimum Gasteiger partial charge on any atom is -0.507 e. The summed E-state index contributed by atoms with van der Waals surface area (Å²) >= 11 is 0. The van der Waals surface area contributed by atoms with E-state index in [1.54, 1.807) is 25.4 Å². The van der Waals surface area contributed by atoms with Gasteiger partial charge in [-0.15, -0.1) is 0 Å². The van der Waals surface area contributed by atoms with E-state index in [0.717, 1.165) is 35.2 Å². The highest BCUT2D eigenvalue weighted by Crippen LogP contribution is 2.40. The van der Waals surface area contributed by atoms with E-state index in [9.17, 15) is 9.90 Å². The molecule has 0 amide bonds. The topological polar surface area (TPSA) is 84.5 Å². The van der Waals surface area contributed by atoms with Crippen LogP contribution in [0.25, 0.3) is 28.2 Å². The smallest absolute Gasteiger partial charge is 0.250 e. The molecule has 1 fully saturated rings. The van der Waals surface area contributed by atoms with E-state index in [1.807, 2.05) is 28.8 Å². The zero-order valence-electron chi connectivity index (χ0n) is 21.3. The summed E-state index contributed by atoms with van der Waals surface area (Å²) in [6, 6.07) is 8.85. The first-order chi connectivity index (χ1) is 16.4. The number of imidazole rings is 1. The van der Waals surface area contributed by atoms with Crippen molar-refractivity contribution in [2.24, 2.45) is 7.05 Å². The molecular weight excluding hydrogens is 438 g/mol. The van der Waals surface area contributed by atoms with Gasteiger partial charge >= 0.3 is 0 Å². The molecule has 0 spiro atoms. The molecule has 0 bridgehead atoms. The normalized spacial score (nSPS) is 17.7. The summed E-state index contributed by atoms with van der Waals surface area (Å²) in [4.78, 5) is 21.8. The Bertz CT molecular complexity index is 1480. The molecule has 4 aromatic rings. The molecular formula is C28H33N5O2. The number of phenols is 1. The van der Waals surface area contributed by atoms with Gasteiger partial charge in [0.25, 0.3) is 5.56 Å². The molecule has 1 aromatic carbocycles. The lowest BCUT2D eigenvalue weighted by atomic mass is 9.74. The maximum atomic E-state index is 12.0. The number of nitrogens with one attached hydrogen (secondary N) is 1. The molecule has 0 aliphatic carbocycles. The summed E-state index contributed by atoms with van der Waals surface area (Å²) in [6.45, 7) is 11.1. The van der Waals surface area contributed by atoms with E-state index in [4.69, 9.17) is 9.97 Å². The van der Waals surface area contributed by atoms with Crippen LogP contribution in [-0.4, -0.2) is 35.1 Å². The minimum atomic E-state index is -0.0933. The molecule has 0 atom stereocenters. The number of fused-ring (bicyclic) bond motifs is 1. The summed E-state index contributed by atoms with van der Waals surface area (Å²) in [5.74, 6) is 1.09. The van der Waals surface area contributed by atoms with Crippen LogP contribution in [0.15, 0.2) is 53.7 Å². The van der Waals surface area contributed by atoms with Crippen molar-refractivity contribution in [1.29, 1.82) is 0 Å². The number of hydrogen-bond acceptors (Lipinski definition) is 5. The van der Waals surface area contributed by atoms with Crippen LogP contribution in [0.5, 0.6) is 5.75 Å². The Morgan fingerprint density at radius 3 is 2.34 bits per heavy atom. The van der Waals surface area contributed by atoms with Gasteiger partial charge in [-0.1, -0.05) is 6.07 Å². The zero-order chi connectivity index (χ0) is 25.1. The molecule has 35 heavy (non-hydrogen) atoms. The molecule has 7 nitrogen and oxygen atoms in total. The van der Waals surface area contributed by atoms with E-state index < -0.39 is 0 Å². The van der Waals surface area contributed by atoms with Gasteiger partial charge in [0.1, 0.15) is 5.75 Å². The number of aromatic hydroxyl groups is 1. The van der Waals surface area contributed by atoms with Crippen LogP contribution in [0.4, 0.5) is 0 Å². The van der Waals surface area contributed by atoms with E-state index in [0.29, 0.717) is 23.0 Å². The van der Waals surface area contributed by atoms with Crippen molar-refractivity contribution in [2.75, 3.05) is 0 Å². The second kappa shape index (κ2) is 8.05. The molecule has 0 saturated carbocycles. The number of pyridine rings is 1. The van der Waals surface area contributed by atoms with Gasteiger partial charge in [0.05, 0.1) is 11.4 Å². The summed E-state index contributed by atoms with van der Waals surface area (Å²) in [7, 11) is 1.71. The van der Waals surface area contributed by atoms with Gasteiger partial charge in [0.2, 0.25) is 5.78 Å². The Morgan fingerprint density at radius 1 is 1.00 bits per heavy atom. The molecule has 2 N–H and O–H groups in total. The van der Waals surface area contributed by atoms with E-state index in [2.05, 4.69) is 46.1 Å². The Kier molecular flexibility index (Phi) is 5.36. The fraction of sp³-hybridized carbons (Fsp3) is 0.393. The average Bonchev–Trinajstić information content (AvgIpc) is 3.15. The van der Waals surface area contributed by atoms with Gasteiger partial charge in [-0.3, -0.25) is 9.20 Å². The van der Waals surface area contributed by atoms with E-state index in [1.165, 1.54) is 4.57 Å². The summed E-state index contributed by atoms with van der Waals surface area (Å²) < 4.78 is 3.45. The number of rotatable bonds is 3. The van der Waals surface area contributed by atoms with Crippen LogP contribution >= 0.6 is 0 Å². The van der Waals surface area contributed by atoms with Crippen molar-refractivity contribution >= 4 is 5.78 Å². The number of aromatic nitrogens is 4. The first-order valence-corrected chi connectivity index (χ1v) is 12.1. The predicted molar refractivity (Wildman–Crippen MR) is 139 cm³/mol. The number of benzene rings is 1. The van der Waals surface area contributed by atoms with Crippen LogP contribution < -0.4 is 10.9 Å². The fourth-order valence-electron chi connectivity index (χ4n) is 5.75. The lowest BCUT2D eigenvalue weighted by molar-refractivity contribution is 0.160. The second-order valence-electron chi connectivity index (χ2n) is 11.2. The van der Waals surface area contributed by atoms with Crippen LogP contribution in [0.3, 0.4) is 0 Å². The average molecular weight is 472 g/mol. The minimum absolute atomic E-state index is 0.0315. The molecule has 5 rings (SSSR count). The van der Waals surface area contributed by atoms with Gasteiger partial charge in [-0.05, 0) is 82.3 Å². The molecule has 3 aromatic heterocycles. The summed E-state index contributed by atoms with van der Waals surface area (Å²) in [6.07, 6.45) is 7.74. The number of phenolic OH excluding ortho intramolecular Hbond substituents is 1. The second-order valence-corrected chi connectivity index (χ2v) is 11.2. The third-order valence-electron chi connectivity index (χ3n) is 6.96. The maximum absolute atomic E-state index is 12.0. The van der Waals surface area contributed by atoms with Gasteiger partial charge < -0.3 is 15.0 Å². The first kappa shape index (κ1) is 23.3. The van der Waals surface area contributed by atoms with Crippen molar-refractivity contribution < 1.29 is 5.11 Å². The van der Waals surface area contributed by atoms with E-state index in [-0.39, 0.29) is 22.4 Å². The van der Waals surface area contributed by atoms with Crippen LogP contribution in [0, 0.1) is 6.92 Å². The van der Waals surface area contributed by atoms with Crippen LogP contribution in [0.2, 0.25) is 0 Å². The highest BCUT2D eigenvalue weighted by atomic mass is 16.3. The van der Waals surface area contributed by atoms with Crippen molar-refractivity contribution in [3.63, 3.8) is 0 Å². The summed E-state index contributed by atoms with van der Waals surface area (Å²) in [5, 5.41) is 14.6. The summed E-state index contributed by atoms with van der Waals surface area (Å²) in [5.41, 5.74) is 5.05. The molecule has 1 aliphatic heterocycles. The molecule has 4 heterocycles. The highest BCUT2D eigenvalue weighted by molar-refractivity contribution is 5.74. The fourth-order valence-corrected chi connectivity index (χ4v) is 5.75. The van der Waals surface area contributed by atoms with Crippen LogP contribution in [0.1, 0.15) is 57.7 Å². The lowest BCUT2D eigenvalue weighted by Gasteiger charge is -2.46. The van der Waals surface area contributed by atoms with Crippen molar-refractivity contribution in [3.05, 3.63) is 70.5 Å². The highest BCUT2D eigenvalue weighted by Gasteiger charge is 2.39. The molecule has 7 heteroatoms.